The lowest BCUT2D eigenvalue weighted by molar-refractivity contribution is -0.137. The van der Waals surface area contributed by atoms with E-state index in [1.807, 2.05) is 0 Å². The van der Waals surface area contributed by atoms with Crippen molar-refractivity contribution in [3.8, 4) is 23.0 Å². The van der Waals surface area contributed by atoms with Gasteiger partial charge in [-0.1, -0.05) is 36.4 Å². The van der Waals surface area contributed by atoms with E-state index in [0.29, 0.717) is 78.7 Å². The van der Waals surface area contributed by atoms with Crippen LogP contribution in [0.5, 0.6) is 23.0 Å². The number of halogens is 2. The van der Waals surface area contributed by atoms with Gasteiger partial charge in [-0.05, 0) is 123 Å². The summed E-state index contributed by atoms with van der Waals surface area (Å²) in [4.78, 5) is 52.2. The molecule has 0 radical (unpaired) electrons. The standard InChI is InChI=1S/C42H39Cl2NO9/c1-3-32(46)10-6-5-7-23-50-33-21-15-31(16-22-33)42(49)54-39-27-36(43)38(26-37(39)44)45-28-29-11-17-35(18-12-29)53-41(48)30-13-19-34(20-14-30)51-24-8-9-25-52-40(47)4-2/h3-4,11-22,26-28H,1-2,5-10,23-25H2. The summed E-state index contributed by atoms with van der Waals surface area (Å²) in [5.74, 6) is 0.0650. The van der Waals surface area contributed by atoms with Gasteiger partial charge in [0, 0.05) is 24.8 Å². The smallest absolute Gasteiger partial charge is 0.343 e. The molecule has 0 atom stereocenters. The number of ether oxygens (including phenoxy) is 5. The number of nitrogens with zero attached hydrogens (tertiary/aromatic N) is 1. The summed E-state index contributed by atoms with van der Waals surface area (Å²) in [5.41, 5.74) is 1.70. The summed E-state index contributed by atoms with van der Waals surface area (Å²) >= 11 is 12.9. The van der Waals surface area contributed by atoms with E-state index in [-0.39, 0.29) is 21.6 Å². The quantitative estimate of drug-likeness (QED) is 0.0267. The lowest BCUT2D eigenvalue weighted by Gasteiger charge is -2.10. The topological polar surface area (TPSA) is 127 Å². The zero-order chi connectivity index (χ0) is 38.7. The van der Waals surface area contributed by atoms with E-state index in [0.717, 1.165) is 25.3 Å². The summed E-state index contributed by atoms with van der Waals surface area (Å²) < 4.78 is 27.3. The minimum Gasteiger partial charge on any atom is -0.494 e. The summed E-state index contributed by atoms with van der Waals surface area (Å²) in [6.07, 6.45) is 8.31. The molecule has 4 aromatic carbocycles. The van der Waals surface area contributed by atoms with Gasteiger partial charge in [0.2, 0.25) is 0 Å². The van der Waals surface area contributed by atoms with E-state index >= 15 is 0 Å². The summed E-state index contributed by atoms with van der Waals surface area (Å²) in [6.45, 7) is 8.04. The fourth-order valence-corrected chi connectivity index (χ4v) is 5.06. The maximum atomic E-state index is 12.8. The van der Waals surface area contributed by atoms with Crippen LogP contribution in [0.25, 0.3) is 0 Å². The molecule has 12 heteroatoms. The lowest BCUT2D eigenvalue weighted by Crippen LogP contribution is -2.09. The molecule has 0 unspecified atom stereocenters. The highest BCUT2D eigenvalue weighted by molar-refractivity contribution is 6.36. The van der Waals surface area contributed by atoms with Crippen LogP contribution in [0.1, 0.15) is 64.8 Å². The van der Waals surface area contributed by atoms with E-state index in [2.05, 4.69) is 18.2 Å². The summed E-state index contributed by atoms with van der Waals surface area (Å²) in [6, 6.07) is 22.7. The maximum Gasteiger partial charge on any atom is 0.343 e. The van der Waals surface area contributed by atoms with Crippen LogP contribution in [0, 0.1) is 0 Å². The normalized spacial score (nSPS) is 10.7. The van der Waals surface area contributed by atoms with Gasteiger partial charge in [0.05, 0.1) is 46.7 Å². The van der Waals surface area contributed by atoms with Crippen molar-refractivity contribution in [2.45, 2.75) is 38.5 Å². The molecule has 4 rings (SSSR count). The van der Waals surface area contributed by atoms with Gasteiger partial charge >= 0.3 is 17.9 Å². The van der Waals surface area contributed by atoms with Crippen LogP contribution in [0.4, 0.5) is 5.69 Å². The molecule has 0 aliphatic carbocycles. The molecule has 0 amide bonds. The molecule has 0 spiro atoms. The average molecular weight is 773 g/mol. The van der Waals surface area contributed by atoms with E-state index in [4.69, 9.17) is 46.9 Å². The van der Waals surface area contributed by atoms with Gasteiger partial charge in [-0.25, -0.2) is 14.4 Å². The van der Waals surface area contributed by atoms with Gasteiger partial charge in [0.25, 0.3) is 0 Å². The molecular weight excluding hydrogens is 733 g/mol. The van der Waals surface area contributed by atoms with Gasteiger partial charge in [-0.15, -0.1) is 0 Å². The predicted molar refractivity (Wildman–Crippen MR) is 208 cm³/mol. The number of ketones is 1. The molecule has 10 nitrogen and oxygen atoms in total. The number of rotatable bonds is 21. The van der Waals surface area contributed by atoms with Crippen molar-refractivity contribution in [1.29, 1.82) is 0 Å². The second kappa shape index (κ2) is 21.7. The summed E-state index contributed by atoms with van der Waals surface area (Å²) in [5, 5.41) is 0.352. The molecule has 0 bridgehead atoms. The molecule has 54 heavy (non-hydrogen) atoms. The van der Waals surface area contributed by atoms with Crippen LogP contribution in [0.2, 0.25) is 10.0 Å². The molecule has 0 aromatic heterocycles. The van der Waals surface area contributed by atoms with E-state index in [1.165, 1.54) is 18.2 Å². The second-order valence-electron chi connectivity index (χ2n) is 11.6. The Balaban J connectivity index is 1.22. The zero-order valence-electron chi connectivity index (χ0n) is 29.5. The van der Waals surface area contributed by atoms with E-state index < -0.39 is 17.9 Å². The van der Waals surface area contributed by atoms with Crippen molar-refractivity contribution in [3.63, 3.8) is 0 Å². The largest absolute Gasteiger partial charge is 0.494 e. The molecule has 4 aromatic rings. The number of carbonyl (C=O) groups excluding carboxylic acids is 4. The van der Waals surface area contributed by atoms with Crippen molar-refractivity contribution in [1.82, 2.24) is 0 Å². The number of aliphatic imine (C=N–C) groups is 1. The molecule has 0 saturated carbocycles. The molecule has 0 aliphatic rings. The molecule has 0 saturated heterocycles. The Bertz CT molecular complexity index is 1940. The third-order valence-electron chi connectivity index (χ3n) is 7.61. The fraction of sp³-hybridized carbons (Fsp3) is 0.214. The molecule has 0 fully saturated rings. The van der Waals surface area contributed by atoms with Crippen molar-refractivity contribution in [2.24, 2.45) is 4.99 Å². The highest BCUT2D eigenvalue weighted by atomic mass is 35.5. The Kier molecular flexibility index (Phi) is 16.5. The zero-order valence-corrected chi connectivity index (χ0v) is 31.0. The summed E-state index contributed by atoms with van der Waals surface area (Å²) in [7, 11) is 0. The second-order valence-corrected chi connectivity index (χ2v) is 12.5. The van der Waals surface area contributed by atoms with Crippen LogP contribution in [-0.4, -0.2) is 49.7 Å². The first kappa shape index (κ1) is 41.1. The minimum atomic E-state index is -0.622. The molecule has 0 N–H and O–H groups in total. The monoisotopic (exact) mass is 771 g/mol. The first-order chi connectivity index (χ1) is 26.1. The van der Waals surface area contributed by atoms with Crippen molar-refractivity contribution in [2.75, 3.05) is 19.8 Å². The van der Waals surface area contributed by atoms with E-state index in [9.17, 15) is 19.2 Å². The van der Waals surface area contributed by atoms with Crippen molar-refractivity contribution in [3.05, 3.63) is 137 Å². The lowest BCUT2D eigenvalue weighted by atomic mass is 10.1. The van der Waals surface area contributed by atoms with Crippen LogP contribution in [-0.2, 0) is 14.3 Å². The van der Waals surface area contributed by atoms with Crippen LogP contribution in [0.3, 0.4) is 0 Å². The van der Waals surface area contributed by atoms with Gasteiger partial charge in [-0.2, -0.15) is 0 Å². The predicted octanol–water partition coefficient (Wildman–Crippen LogP) is 9.76. The Morgan fingerprint density at radius 3 is 1.76 bits per heavy atom. The first-order valence-corrected chi connectivity index (χ1v) is 17.9. The van der Waals surface area contributed by atoms with Crippen molar-refractivity contribution >= 4 is 58.8 Å². The Hall–Kier alpha value is -5.71. The molecule has 0 aliphatic heterocycles. The van der Waals surface area contributed by atoms with Crippen LogP contribution >= 0.6 is 23.2 Å². The minimum absolute atomic E-state index is 0.0395. The van der Waals surface area contributed by atoms with E-state index in [1.54, 1.807) is 79.0 Å². The number of benzene rings is 4. The van der Waals surface area contributed by atoms with Crippen LogP contribution < -0.4 is 18.9 Å². The Morgan fingerprint density at radius 1 is 0.611 bits per heavy atom. The first-order valence-electron chi connectivity index (χ1n) is 17.1. The number of allylic oxidation sites excluding steroid dienone is 1. The SMILES string of the molecule is C=CC(=O)CCCCCOc1ccc(C(=O)Oc2cc(Cl)c(N=Cc3ccc(OC(=O)c4ccc(OCCCCOC(=O)C=C)cc4)cc3)cc2Cl)cc1. The van der Waals surface area contributed by atoms with Gasteiger partial charge < -0.3 is 23.7 Å². The maximum absolute atomic E-state index is 12.8. The van der Waals surface area contributed by atoms with Crippen LogP contribution in [0.15, 0.2) is 115 Å². The Morgan fingerprint density at radius 2 is 1.17 bits per heavy atom. The highest BCUT2D eigenvalue weighted by Crippen LogP contribution is 2.36. The van der Waals surface area contributed by atoms with Gasteiger partial charge in [0.15, 0.2) is 11.5 Å². The van der Waals surface area contributed by atoms with Crippen molar-refractivity contribution < 1.29 is 42.9 Å². The third kappa shape index (κ3) is 13.7. The number of carbonyl (C=O) groups is 4. The van der Waals surface area contributed by atoms with Gasteiger partial charge in [0.1, 0.15) is 17.2 Å². The fourth-order valence-electron chi connectivity index (χ4n) is 4.66. The third-order valence-corrected chi connectivity index (χ3v) is 8.21. The van der Waals surface area contributed by atoms with Gasteiger partial charge in [-0.3, -0.25) is 9.79 Å². The molecule has 280 valence electrons. The highest BCUT2D eigenvalue weighted by Gasteiger charge is 2.15. The number of hydrogen-bond donors (Lipinski definition) is 0. The molecule has 0 heterocycles. The number of hydrogen-bond acceptors (Lipinski definition) is 10. The average Bonchev–Trinajstić information content (AvgIpc) is 3.18. The Labute approximate surface area is 324 Å². The number of esters is 3. The number of unbranched alkanes of at least 4 members (excludes halogenated alkanes) is 3. The molecular formula is C42H39Cl2NO9.